The van der Waals surface area contributed by atoms with Crippen LogP contribution >= 0.6 is 35.6 Å². The van der Waals surface area contributed by atoms with Gasteiger partial charge in [-0.1, -0.05) is 23.2 Å². The molecule has 2 aliphatic heterocycles. The first kappa shape index (κ1) is 17.3. The molecule has 8 heteroatoms. The standard InChI is InChI=1S/C13H16Cl2N2O2S.ClH/c14-9-5-10(15)7-13(6-9)20(18,19)17-4-3-11-1-2-12(8-17)16-11;/h5-7,11-12,16H,1-4,8H2;1H. The molecule has 2 saturated heterocycles. The van der Waals surface area contributed by atoms with Gasteiger partial charge in [0.1, 0.15) is 0 Å². The van der Waals surface area contributed by atoms with Crippen molar-refractivity contribution in [2.24, 2.45) is 0 Å². The second kappa shape index (κ2) is 6.60. The van der Waals surface area contributed by atoms with Crippen LogP contribution in [-0.2, 0) is 10.0 Å². The first-order valence-electron chi connectivity index (χ1n) is 6.67. The van der Waals surface area contributed by atoms with Crippen LogP contribution in [-0.4, -0.2) is 37.9 Å². The van der Waals surface area contributed by atoms with Crippen molar-refractivity contribution in [3.63, 3.8) is 0 Å². The van der Waals surface area contributed by atoms with Gasteiger partial charge >= 0.3 is 0 Å². The zero-order valence-corrected chi connectivity index (χ0v) is 14.4. The van der Waals surface area contributed by atoms with Gasteiger partial charge in [-0.2, -0.15) is 4.31 Å². The molecule has 2 fully saturated rings. The summed E-state index contributed by atoms with van der Waals surface area (Å²) in [6, 6.07) is 5.15. The molecule has 2 atom stereocenters. The molecule has 2 heterocycles. The van der Waals surface area contributed by atoms with Crippen LogP contribution in [0.3, 0.4) is 0 Å². The minimum atomic E-state index is -3.53. The number of rotatable bonds is 2. The number of sulfonamides is 1. The molecule has 4 nitrogen and oxygen atoms in total. The summed E-state index contributed by atoms with van der Waals surface area (Å²) in [4.78, 5) is 0.174. The molecule has 0 aliphatic carbocycles. The van der Waals surface area contributed by atoms with E-state index < -0.39 is 10.0 Å². The maximum atomic E-state index is 12.7. The molecule has 0 radical (unpaired) electrons. The number of nitrogens with one attached hydrogen (secondary N) is 1. The summed E-state index contributed by atoms with van der Waals surface area (Å²) in [6.07, 6.45) is 3.03. The van der Waals surface area contributed by atoms with Gasteiger partial charge < -0.3 is 5.32 Å². The van der Waals surface area contributed by atoms with E-state index in [0.717, 1.165) is 19.3 Å². The Morgan fingerprint density at radius 2 is 1.67 bits per heavy atom. The van der Waals surface area contributed by atoms with Crippen LogP contribution in [0, 0.1) is 0 Å². The van der Waals surface area contributed by atoms with E-state index in [2.05, 4.69) is 5.32 Å². The lowest BCUT2D eigenvalue weighted by molar-refractivity contribution is 0.383. The Bertz CT molecular complexity index is 604. The molecular formula is C13H17Cl3N2O2S. The summed E-state index contributed by atoms with van der Waals surface area (Å²) in [6.45, 7) is 1.06. The van der Waals surface area contributed by atoms with Crippen molar-refractivity contribution in [3.8, 4) is 0 Å². The maximum absolute atomic E-state index is 12.7. The zero-order valence-electron chi connectivity index (χ0n) is 11.3. The molecule has 2 aliphatic rings. The van der Waals surface area contributed by atoms with Crippen molar-refractivity contribution >= 4 is 45.6 Å². The summed E-state index contributed by atoms with van der Waals surface area (Å²) in [5, 5.41) is 4.15. The summed E-state index contributed by atoms with van der Waals surface area (Å²) < 4.78 is 27.0. The van der Waals surface area contributed by atoms with Gasteiger partial charge in [0.25, 0.3) is 0 Å². The average Bonchev–Trinajstić information content (AvgIpc) is 2.67. The van der Waals surface area contributed by atoms with E-state index in [4.69, 9.17) is 23.2 Å². The molecule has 1 N–H and O–H groups in total. The third-order valence-electron chi connectivity index (χ3n) is 3.96. The SMILES string of the molecule is Cl.O=S(=O)(c1cc(Cl)cc(Cl)c1)N1CCC2CCC(C1)N2. The third-order valence-corrected chi connectivity index (χ3v) is 6.24. The van der Waals surface area contributed by atoms with Crippen molar-refractivity contribution in [3.05, 3.63) is 28.2 Å². The topological polar surface area (TPSA) is 49.4 Å². The van der Waals surface area contributed by atoms with Crippen LogP contribution < -0.4 is 5.32 Å². The average molecular weight is 372 g/mol. The normalized spacial score (nSPS) is 26.2. The molecule has 21 heavy (non-hydrogen) atoms. The van der Waals surface area contributed by atoms with Gasteiger partial charge in [-0.3, -0.25) is 0 Å². The van der Waals surface area contributed by atoms with E-state index in [1.165, 1.54) is 18.2 Å². The minimum Gasteiger partial charge on any atom is -0.310 e. The molecule has 3 rings (SSSR count). The maximum Gasteiger partial charge on any atom is 0.243 e. The number of fused-ring (bicyclic) bond motifs is 2. The second-order valence-electron chi connectivity index (χ2n) is 5.39. The third kappa shape index (κ3) is 3.66. The fourth-order valence-electron chi connectivity index (χ4n) is 2.96. The lowest BCUT2D eigenvalue weighted by atomic mass is 10.1. The van der Waals surface area contributed by atoms with E-state index in [1.807, 2.05) is 0 Å². The second-order valence-corrected chi connectivity index (χ2v) is 8.21. The van der Waals surface area contributed by atoms with E-state index >= 15 is 0 Å². The molecule has 0 spiro atoms. The number of benzene rings is 1. The van der Waals surface area contributed by atoms with Gasteiger partial charge in [0.05, 0.1) is 4.90 Å². The molecule has 0 saturated carbocycles. The first-order chi connectivity index (χ1) is 9.45. The lowest BCUT2D eigenvalue weighted by Crippen LogP contribution is -2.39. The summed E-state index contributed by atoms with van der Waals surface area (Å²) in [5.74, 6) is 0. The van der Waals surface area contributed by atoms with Gasteiger partial charge in [-0.15, -0.1) is 12.4 Å². The Hall–Kier alpha value is -0.0400. The minimum absolute atomic E-state index is 0. The van der Waals surface area contributed by atoms with Crippen molar-refractivity contribution < 1.29 is 8.42 Å². The molecular weight excluding hydrogens is 355 g/mol. The van der Waals surface area contributed by atoms with E-state index in [-0.39, 0.29) is 23.3 Å². The molecule has 0 amide bonds. The highest BCUT2D eigenvalue weighted by atomic mass is 35.5. The first-order valence-corrected chi connectivity index (χ1v) is 8.87. The molecule has 2 bridgehead atoms. The smallest absolute Gasteiger partial charge is 0.243 e. The van der Waals surface area contributed by atoms with Gasteiger partial charge in [0.2, 0.25) is 10.0 Å². The highest BCUT2D eigenvalue weighted by Gasteiger charge is 2.35. The molecule has 0 aromatic heterocycles. The Balaban J connectivity index is 0.00000161. The Morgan fingerprint density at radius 3 is 2.33 bits per heavy atom. The van der Waals surface area contributed by atoms with E-state index in [1.54, 1.807) is 4.31 Å². The van der Waals surface area contributed by atoms with Crippen molar-refractivity contribution in [1.82, 2.24) is 9.62 Å². The van der Waals surface area contributed by atoms with Crippen molar-refractivity contribution in [2.75, 3.05) is 13.1 Å². The lowest BCUT2D eigenvalue weighted by Gasteiger charge is -2.23. The van der Waals surface area contributed by atoms with E-state index in [9.17, 15) is 8.42 Å². The van der Waals surface area contributed by atoms with Crippen LogP contribution in [0.25, 0.3) is 0 Å². The Labute approximate surface area is 141 Å². The van der Waals surface area contributed by atoms with Crippen LogP contribution in [0.5, 0.6) is 0 Å². The van der Waals surface area contributed by atoms with Crippen molar-refractivity contribution in [1.29, 1.82) is 0 Å². The van der Waals surface area contributed by atoms with Crippen LogP contribution in [0.15, 0.2) is 23.1 Å². The highest BCUT2D eigenvalue weighted by molar-refractivity contribution is 7.89. The number of halogens is 3. The summed E-state index contributed by atoms with van der Waals surface area (Å²) >= 11 is 11.8. The number of nitrogens with zero attached hydrogens (tertiary/aromatic N) is 1. The van der Waals surface area contributed by atoms with Crippen LogP contribution in [0.1, 0.15) is 19.3 Å². The number of hydrogen-bond acceptors (Lipinski definition) is 3. The fraction of sp³-hybridized carbons (Fsp3) is 0.538. The Kier molecular flexibility index (Phi) is 5.45. The summed E-state index contributed by atoms with van der Waals surface area (Å²) in [7, 11) is -3.53. The predicted molar refractivity (Wildman–Crippen MR) is 87.0 cm³/mol. The molecule has 1 aromatic rings. The molecule has 2 unspecified atom stereocenters. The van der Waals surface area contributed by atoms with Crippen LogP contribution in [0.4, 0.5) is 0 Å². The van der Waals surface area contributed by atoms with Gasteiger partial charge in [0, 0.05) is 35.2 Å². The van der Waals surface area contributed by atoms with Gasteiger partial charge in [-0.25, -0.2) is 8.42 Å². The number of hydrogen-bond donors (Lipinski definition) is 1. The van der Waals surface area contributed by atoms with Crippen molar-refractivity contribution in [2.45, 2.75) is 36.2 Å². The highest BCUT2D eigenvalue weighted by Crippen LogP contribution is 2.28. The monoisotopic (exact) mass is 370 g/mol. The zero-order chi connectivity index (χ0) is 14.3. The fourth-order valence-corrected chi connectivity index (χ4v) is 5.18. The summed E-state index contributed by atoms with van der Waals surface area (Å²) in [5.41, 5.74) is 0. The van der Waals surface area contributed by atoms with Gasteiger partial charge in [-0.05, 0) is 37.5 Å². The largest absolute Gasteiger partial charge is 0.310 e. The molecule has 1 aromatic carbocycles. The predicted octanol–water partition coefficient (Wildman–Crippen LogP) is 2.93. The quantitative estimate of drug-likeness (QED) is 0.869. The van der Waals surface area contributed by atoms with Crippen LogP contribution in [0.2, 0.25) is 10.0 Å². The molecule has 118 valence electrons. The van der Waals surface area contributed by atoms with Gasteiger partial charge in [0.15, 0.2) is 0 Å². The Morgan fingerprint density at radius 1 is 1.05 bits per heavy atom. The van der Waals surface area contributed by atoms with E-state index in [0.29, 0.717) is 29.2 Å².